The SMILES string of the molecule is CC(=O)C(Br)c1cccc([N+](=O)[O-])c1N. The molecule has 0 spiro atoms. The minimum Gasteiger partial charge on any atom is -0.393 e. The first kappa shape index (κ1) is 11.6. The number of carbonyl (C=O) groups is 1. The number of benzene rings is 1. The number of ketones is 1. The van der Waals surface area contributed by atoms with Crippen LogP contribution in [0.5, 0.6) is 0 Å². The number of hydrogen-bond acceptors (Lipinski definition) is 4. The molecule has 15 heavy (non-hydrogen) atoms. The molecule has 80 valence electrons. The third-order valence-electron chi connectivity index (χ3n) is 1.94. The maximum Gasteiger partial charge on any atom is 0.292 e. The molecule has 0 saturated carbocycles. The summed E-state index contributed by atoms with van der Waals surface area (Å²) < 4.78 is 0. The number of hydrogen-bond donors (Lipinski definition) is 1. The van der Waals surface area contributed by atoms with Crippen molar-refractivity contribution >= 4 is 33.1 Å². The van der Waals surface area contributed by atoms with Crippen LogP contribution in [0.15, 0.2) is 18.2 Å². The van der Waals surface area contributed by atoms with Crippen LogP contribution in [0.2, 0.25) is 0 Å². The van der Waals surface area contributed by atoms with E-state index in [2.05, 4.69) is 15.9 Å². The largest absolute Gasteiger partial charge is 0.393 e. The van der Waals surface area contributed by atoms with E-state index in [9.17, 15) is 14.9 Å². The van der Waals surface area contributed by atoms with Crippen LogP contribution in [0.4, 0.5) is 11.4 Å². The van der Waals surface area contributed by atoms with E-state index in [0.717, 1.165) is 0 Å². The number of nitrogen functional groups attached to an aromatic ring is 1. The number of nitro groups is 1. The van der Waals surface area contributed by atoms with Gasteiger partial charge in [-0.1, -0.05) is 28.1 Å². The van der Waals surface area contributed by atoms with Crippen LogP contribution in [0.3, 0.4) is 0 Å². The number of halogens is 1. The highest BCUT2D eigenvalue weighted by Crippen LogP contribution is 2.33. The van der Waals surface area contributed by atoms with Crippen LogP contribution < -0.4 is 5.73 Å². The average Bonchev–Trinajstić information content (AvgIpc) is 2.16. The molecule has 0 aliphatic rings. The van der Waals surface area contributed by atoms with Gasteiger partial charge in [0, 0.05) is 11.6 Å². The lowest BCUT2D eigenvalue weighted by molar-refractivity contribution is -0.383. The van der Waals surface area contributed by atoms with Crippen molar-refractivity contribution in [3.8, 4) is 0 Å². The Bertz CT molecular complexity index is 420. The molecule has 0 heterocycles. The average molecular weight is 273 g/mol. The summed E-state index contributed by atoms with van der Waals surface area (Å²) in [6, 6.07) is 4.39. The van der Waals surface area contributed by atoms with Crippen LogP contribution in [-0.4, -0.2) is 10.7 Å². The van der Waals surface area contributed by atoms with Crippen molar-refractivity contribution < 1.29 is 9.72 Å². The first-order valence-electron chi connectivity index (χ1n) is 4.12. The monoisotopic (exact) mass is 272 g/mol. The summed E-state index contributed by atoms with van der Waals surface area (Å²) in [7, 11) is 0. The summed E-state index contributed by atoms with van der Waals surface area (Å²) in [5.74, 6) is -0.151. The summed E-state index contributed by atoms with van der Waals surface area (Å²) >= 11 is 3.13. The molecular formula is C9H9BrN2O3. The van der Waals surface area contributed by atoms with Crippen molar-refractivity contribution in [2.45, 2.75) is 11.8 Å². The molecule has 0 aromatic heterocycles. The molecule has 6 heteroatoms. The molecule has 1 aromatic carbocycles. The Morgan fingerprint density at radius 1 is 1.60 bits per heavy atom. The minimum atomic E-state index is -0.600. The fraction of sp³-hybridized carbons (Fsp3) is 0.222. The quantitative estimate of drug-likeness (QED) is 0.396. The lowest BCUT2D eigenvalue weighted by Crippen LogP contribution is -2.06. The Morgan fingerprint density at radius 3 is 2.67 bits per heavy atom. The Balaban J connectivity index is 3.26. The predicted molar refractivity (Wildman–Crippen MR) is 59.9 cm³/mol. The summed E-state index contributed by atoms with van der Waals surface area (Å²) in [6.45, 7) is 1.39. The number of anilines is 1. The van der Waals surface area contributed by atoms with Gasteiger partial charge >= 0.3 is 0 Å². The van der Waals surface area contributed by atoms with Crippen molar-refractivity contribution in [2.75, 3.05) is 5.73 Å². The van der Waals surface area contributed by atoms with E-state index in [1.165, 1.54) is 19.1 Å². The Morgan fingerprint density at radius 2 is 2.20 bits per heavy atom. The number of carbonyl (C=O) groups excluding carboxylic acids is 1. The number of para-hydroxylation sites is 1. The molecule has 0 radical (unpaired) electrons. The van der Waals surface area contributed by atoms with E-state index in [1.807, 2.05) is 0 Å². The van der Waals surface area contributed by atoms with Gasteiger partial charge in [-0.25, -0.2) is 0 Å². The van der Waals surface area contributed by atoms with Gasteiger partial charge in [0.15, 0.2) is 0 Å². The van der Waals surface area contributed by atoms with E-state index in [0.29, 0.717) is 5.56 Å². The van der Waals surface area contributed by atoms with Gasteiger partial charge in [0.1, 0.15) is 11.5 Å². The first-order chi connectivity index (χ1) is 6.95. The van der Waals surface area contributed by atoms with Gasteiger partial charge < -0.3 is 5.73 Å². The topological polar surface area (TPSA) is 86.2 Å². The molecule has 1 rings (SSSR count). The standard InChI is InChI=1S/C9H9BrN2O3/c1-5(13)8(10)6-3-2-4-7(9(6)11)12(14)15/h2-4,8H,11H2,1H3. The highest BCUT2D eigenvalue weighted by atomic mass is 79.9. The Labute approximate surface area is 94.5 Å². The minimum absolute atomic E-state index is 0.0274. The molecule has 1 unspecified atom stereocenters. The van der Waals surface area contributed by atoms with Crippen molar-refractivity contribution in [2.24, 2.45) is 0 Å². The van der Waals surface area contributed by atoms with Gasteiger partial charge in [-0.05, 0) is 6.92 Å². The van der Waals surface area contributed by atoms with Crippen molar-refractivity contribution in [1.82, 2.24) is 0 Å². The zero-order chi connectivity index (χ0) is 11.6. The maximum atomic E-state index is 11.1. The van der Waals surface area contributed by atoms with E-state index in [1.54, 1.807) is 6.07 Å². The zero-order valence-electron chi connectivity index (χ0n) is 7.94. The second kappa shape index (κ2) is 4.39. The number of nitrogens with zero attached hydrogens (tertiary/aromatic N) is 1. The van der Waals surface area contributed by atoms with Crippen LogP contribution in [-0.2, 0) is 4.79 Å². The van der Waals surface area contributed by atoms with Crippen LogP contribution in [0.25, 0.3) is 0 Å². The van der Waals surface area contributed by atoms with Crippen molar-refractivity contribution in [1.29, 1.82) is 0 Å². The lowest BCUT2D eigenvalue weighted by Gasteiger charge is -2.09. The number of rotatable bonds is 3. The zero-order valence-corrected chi connectivity index (χ0v) is 9.52. The second-order valence-corrected chi connectivity index (χ2v) is 3.93. The predicted octanol–water partition coefficient (Wildman–Crippen LogP) is 2.20. The fourth-order valence-corrected chi connectivity index (χ4v) is 1.57. The van der Waals surface area contributed by atoms with Crippen molar-refractivity contribution in [3.63, 3.8) is 0 Å². The van der Waals surface area contributed by atoms with Crippen molar-refractivity contribution in [3.05, 3.63) is 33.9 Å². The third kappa shape index (κ3) is 2.33. The van der Waals surface area contributed by atoms with E-state index in [4.69, 9.17) is 5.73 Å². The molecule has 0 fully saturated rings. The van der Waals surface area contributed by atoms with E-state index >= 15 is 0 Å². The maximum absolute atomic E-state index is 11.1. The molecule has 0 bridgehead atoms. The smallest absolute Gasteiger partial charge is 0.292 e. The van der Waals surface area contributed by atoms with Gasteiger partial charge in [-0.2, -0.15) is 0 Å². The van der Waals surface area contributed by atoms with Crippen LogP contribution >= 0.6 is 15.9 Å². The molecular weight excluding hydrogens is 264 g/mol. The lowest BCUT2D eigenvalue weighted by atomic mass is 10.1. The molecule has 2 N–H and O–H groups in total. The second-order valence-electron chi connectivity index (χ2n) is 3.01. The summed E-state index contributed by atoms with van der Waals surface area (Å²) in [6.07, 6.45) is 0. The molecule has 0 amide bonds. The van der Waals surface area contributed by atoms with Gasteiger partial charge in [0.2, 0.25) is 0 Å². The van der Waals surface area contributed by atoms with Crippen LogP contribution in [0, 0.1) is 10.1 Å². The number of Topliss-reactive ketones (excluding diaryl/α,β-unsaturated/α-hetero) is 1. The molecule has 5 nitrogen and oxygen atoms in total. The summed E-state index contributed by atoms with van der Waals surface area (Å²) in [5.41, 5.74) is 5.87. The van der Waals surface area contributed by atoms with E-state index in [-0.39, 0.29) is 17.2 Å². The fourth-order valence-electron chi connectivity index (χ4n) is 1.17. The number of alkyl halides is 1. The van der Waals surface area contributed by atoms with E-state index < -0.39 is 9.75 Å². The van der Waals surface area contributed by atoms with Gasteiger partial charge in [-0.3, -0.25) is 14.9 Å². The Hall–Kier alpha value is -1.43. The van der Waals surface area contributed by atoms with Gasteiger partial charge in [-0.15, -0.1) is 0 Å². The third-order valence-corrected chi connectivity index (χ3v) is 3.08. The molecule has 0 saturated heterocycles. The highest BCUT2D eigenvalue weighted by Gasteiger charge is 2.21. The summed E-state index contributed by atoms with van der Waals surface area (Å²) in [4.78, 5) is 20.5. The highest BCUT2D eigenvalue weighted by molar-refractivity contribution is 9.09. The normalized spacial score (nSPS) is 12.1. The van der Waals surface area contributed by atoms with Gasteiger partial charge in [0.25, 0.3) is 5.69 Å². The molecule has 0 aliphatic heterocycles. The number of nitrogens with two attached hydrogens (primary N) is 1. The molecule has 0 aliphatic carbocycles. The van der Waals surface area contributed by atoms with Gasteiger partial charge in [0.05, 0.1) is 9.75 Å². The van der Waals surface area contributed by atoms with Crippen LogP contribution in [0.1, 0.15) is 17.3 Å². The molecule has 1 aromatic rings. The molecule has 1 atom stereocenters. The Kier molecular flexibility index (Phi) is 3.41. The first-order valence-corrected chi connectivity index (χ1v) is 5.04. The number of nitro benzene ring substituents is 1. The summed E-state index contributed by atoms with van der Waals surface area (Å²) in [5, 5.41) is 10.6.